The normalized spacial score (nSPS) is 12.7. The quantitative estimate of drug-likeness (QED) is 0.820. The summed E-state index contributed by atoms with van der Waals surface area (Å²) in [5.74, 6) is 0.264. The minimum atomic E-state index is -0.567. The number of aliphatic hydroxyl groups is 1. The second-order valence-corrected chi connectivity index (χ2v) is 4.26. The van der Waals surface area contributed by atoms with Crippen LogP contribution in [-0.2, 0) is 0 Å². The maximum absolute atomic E-state index is 12.2. The van der Waals surface area contributed by atoms with Crippen molar-refractivity contribution < 1.29 is 9.90 Å². The van der Waals surface area contributed by atoms with Crippen LogP contribution in [0.4, 0.5) is 0 Å². The zero-order valence-corrected chi connectivity index (χ0v) is 10.5. The molecule has 7 heteroatoms. The number of nitrogens with zero attached hydrogens (tertiary/aromatic N) is 5. The number of carbonyl (C=O) groups is 1. The molecular weight excluding hydrogens is 234 g/mol. The molecule has 0 fully saturated rings. The lowest BCUT2D eigenvalue weighted by atomic mass is 10.2. The molecule has 2 heterocycles. The predicted molar refractivity (Wildman–Crippen MR) is 64.2 cm³/mol. The number of aromatic nitrogens is 4. The van der Waals surface area contributed by atoms with Crippen LogP contribution < -0.4 is 0 Å². The molecule has 2 rings (SSSR count). The Balaban J connectivity index is 2.35. The number of fused-ring (bicyclic) bond motifs is 1. The van der Waals surface area contributed by atoms with Gasteiger partial charge in [0.2, 0.25) is 0 Å². The molecule has 18 heavy (non-hydrogen) atoms. The number of rotatable bonds is 3. The van der Waals surface area contributed by atoms with Crippen LogP contribution >= 0.6 is 0 Å². The van der Waals surface area contributed by atoms with E-state index in [1.807, 2.05) is 0 Å². The molecule has 0 bridgehead atoms. The second kappa shape index (κ2) is 4.69. The van der Waals surface area contributed by atoms with Crippen molar-refractivity contribution in [1.82, 2.24) is 24.5 Å². The summed E-state index contributed by atoms with van der Waals surface area (Å²) in [6.07, 6.45) is 2.31. The van der Waals surface area contributed by atoms with Gasteiger partial charge in [-0.2, -0.15) is 10.1 Å². The van der Waals surface area contributed by atoms with Crippen molar-refractivity contribution in [1.29, 1.82) is 0 Å². The van der Waals surface area contributed by atoms with E-state index in [9.17, 15) is 9.90 Å². The molecule has 1 amide bonds. The molecule has 0 aliphatic rings. The lowest BCUT2D eigenvalue weighted by Crippen LogP contribution is -2.33. The van der Waals surface area contributed by atoms with Gasteiger partial charge in [0.25, 0.3) is 11.7 Å². The van der Waals surface area contributed by atoms with Crippen LogP contribution in [0.15, 0.2) is 12.5 Å². The summed E-state index contributed by atoms with van der Waals surface area (Å²) in [4.78, 5) is 21.6. The lowest BCUT2D eigenvalue weighted by Gasteiger charge is -2.19. The first-order chi connectivity index (χ1) is 8.50. The Morgan fingerprint density at radius 1 is 1.56 bits per heavy atom. The van der Waals surface area contributed by atoms with E-state index in [4.69, 9.17) is 0 Å². The third kappa shape index (κ3) is 2.17. The summed E-state index contributed by atoms with van der Waals surface area (Å²) >= 11 is 0. The van der Waals surface area contributed by atoms with Gasteiger partial charge in [-0.15, -0.1) is 0 Å². The van der Waals surface area contributed by atoms with Gasteiger partial charge in [-0.05, 0) is 13.8 Å². The minimum absolute atomic E-state index is 0.196. The Hall–Kier alpha value is -2.02. The molecule has 0 saturated carbocycles. The molecule has 2 aromatic heterocycles. The first-order valence-electron chi connectivity index (χ1n) is 5.59. The van der Waals surface area contributed by atoms with Crippen LogP contribution in [0.25, 0.3) is 5.78 Å². The molecule has 1 atom stereocenters. The number of likely N-dealkylation sites (N-methyl/N-ethyl adjacent to an activating group) is 1. The van der Waals surface area contributed by atoms with Gasteiger partial charge < -0.3 is 10.0 Å². The van der Waals surface area contributed by atoms with Crippen molar-refractivity contribution in [3.63, 3.8) is 0 Å². The van der Waals surface area contributed by atoms with Crippen molar-refractivity contribution in [3.8, 4) is 0 Å². The highest BCUT2D eigenvalue weighted by atomic mass is 16.3. The minimum Gasteiger partial charge on any atom is -0.392 e. The van der Waals surface area contributed by atoms with Gasteiger partial charge in [0.05, 0.1) is 17.4 Å². The third-order valence-electron chi connectivity index (χ3n) is 2.66. The summed E-state index contributed by atoms with van der Waals surface area (Å²) in [5, 5.41) is 13.3. The van der Waals surface area contributed by atoms with Gasteiger partial charge in [-0.25, -0.2) is 9.50 Å². The maximum Gasteiger partial charge on any atom is 0.257 e. The molecule has 0 spiro atoms. The largest absolute Gasteiger partial charge is 0.392 e. The monoisotopic (exact) mass is 249 g/mol. The SMILES string of the molecule is Cc1c(C(=O)N(C)CC(C)O)cnc2ncnn12. The van der Waals surface area contributed by atoms with Crippen LogP contribution in [0.5, 0.6) is 0 Å². The van der Waals surface area contributed by atoms with Gasteiger partial charge in [0.1, 0.15) is 6.33 Å². The Morgan fingerprint density at radius 2 is 2.28 bits per heavy atom. The maximum atomic E-state index is 12.2. The Morgan fingerprint density at radius 3 is 2.94 bits per heavy atom. The predicted octanol–water partition coefficient (Wildman–Crippen LogP) is -0.114. The fraction of sp³-hybridized carbons (Fsp3) is 0.455. The van der Waals surface area contributed by atoms with Crippen molar-refractivity contribution in [2.45, 2.75) is 20.0 Å². The molecule has 0 radical (unpaired) electrons. The van der Waals surface area contributed by atoms with E-state index in [1.165, 1.54) is 21.9 Å². The van der Waals surface area contributed by atoms with E-state index in [0.717, 1.165) is 0 Å². The number of aryl methyl sites for hydroxylation is 1. The number of aliphatic hydroxyl groups excluding tert-OH is 1. The highest BCUT2D eigenvalue weighted by Crippen LogP contribution is 2.10. The summed E-state index contributed by atoms with van der Waals surface area (Å²) in [5.41, 5.74) is 1.14. The molecule has 0 aliphatic heterocycles. The van der Waals surface area contributed by atoms with Gasteiger partial charge in [-0.3, -0.25) is 4.79 Å². The second-order valence-electron chi connectivity index (χ2n) is 4.26. The fourth-order valence-corrected chi connectivity index (χ4v) is 1.78. The first-order valence-corrected chi connectivity index (χ1v) is 5.59. The number of hydrogen-bond donors (Lipinski definition) is 1. The smallest absolute Gasteiger partial charge is 0.257 e. The van der Waals surface area contributed by atoms with E-state index in [0.29, 0.717) is 17.0 Å². The molecule has 7 nitrogen and oxygen atoms in total. The van der Waals surface area contributed by atoms with Crippen LogP contribution in [0.3, 0.4) is 0 Å². The number of amides is 1. The molecule has 0 aromatic carbocycles. The number of hydrogen-bond acceptors (Lipinski definition) is 5. The van der Waals surface area contributed by atoms with Gasteiger partial charge in [0.15, 0.2) is 0 Å². The lowest BCUT2D eigenvalue weighted by molar-refractivity contribution is 0.0702. The van der Waals surface area contributed by atoms with Gasteiger partial charge in [-0.1, -0.05) is 0 Å². The molecular formula is C11H15N5O2. The highest BCUT2D eigenvalue weighted by Gasteiger charge is 2.18. The van der Waals surface area contributed by atoms with Crippen molar-refractivity contribution in [2.24, 2.45) is 0 Å². The standard InChI is InChI=1S/C11H15N5O2/c1-7(17)5-15(3)10(18)9-4-12-11-13-6-14-16(11)8(9)2/h4,6-7,17H,5H2,1-3H3. The Kier molecular flexibility index (Phi) is 3.24. The average molecular weight is 249 g/mol. The summed E-state index contributed by atoms with van der Waals surface area (Å²) < 4.78 is 1.52. The van der Waals surface area contributed by atoms with E-state index >= 15 is 0 Å². The zero-order chi connectivity index (χ0) is 13.3. The van der Waals surface area contributed by atoms with E-state index in [1.54, 1.807) is 20.9 Å². The van der Waals surface area contributed by atoms with E-state index < -0.39 is 6.10 Å². The number of carbonyl (C=O) groups excluding carboxylic acids is 1. The summed E-state index contributed by atoms with van der Waals surface area (Å²) in [6.45, 7) is 3.69. The molecule has 1 N–H and O–H groups in total. The molecule has 96 valence electrons. The summed E-state index contributed by atoms with van der Waals surface area (Å²) in [6, 6.07) is 0. The first kappa shape index (κ1) is 12.4. The molecule has 0 saturated heterocycles. The third-order valence-corrected chi connectivity index (χ3v) is 2.66. The molecule has 1 unspecified atom stereocenters. The highest BCUT2D eigenvalue weighted by molar-refractivity contribution is 5.95. The topological polar surface area (TPSA) is 83.6 Å². The fourth-order valence-electron chi connectivity index (χ4n) is 1.78. The summed E-state index contributed by atoms with van der Waals surface area (Å²) in [7, 11) is 1.64. The zero-order valence-electron chi connectivity index (χ0n) is 10.5. The van der Waals surface area contributed by atoms with Crippen LogP contribution in [0.2, 0.25) is 0 Å². The van der Waals surface area contributed by atoms with Gasteiger partial charge in [0, 0.05) is 19.8 Å². The van der Waals surface area contributed by atoms with Crippen LogP contribution in [-0.4, -0.2) is 55.2 Å². The Labute approximate surface area is 104 Å². The van der Waals surface area contributed by atoms with E-state index in [2.05, 4.69) is 15.1 Å². The molecule has 0 aliphatic carbocycles. The van der Waals surface area contributed by atoms with Crippen molar-refractivity contribution >= 4 is 11.7 Å². The van der Waals surface area contributed by atoms with Crippen LogP contribution in [0.1, 0.15) is 23.0 Å². The average Bonchev–Trinajstić information content (AvgIpc) is 2.76. The van der Waals surface area contributed by atoms with Gasteiger partial charge >= 0.3 is 0 Å². The van der Waals surface area contributed by atoms with Crippen LogP contribution in [0, 0.1) is 6.92 Å². The van der Waals surface area contributed by atoms with Crippen molar-refractivity contribution in [2.75, 3.05) is 13.6 Å². The van der Waals surface area contributed by atoms with Crippen molar-refractivity contribution in [3.05, 3.63) is 23.8 Å². The Bertz CT molecular complexity index is 578. The molecule has 2 aromatic rings. The van der Waals surface area contributed by atoms with E-state index in [-0.39, 0.29) is 12.5 Å².